The van der Waals surface area contributed by atoms with Crippen LogP contribution in [0.15, 0.2) is 6.07 Å². The van der Waals surface area contributed by atoms with Crippen LogP contribution in [0.2, 0.25) is 10.0 Å². The summed E-state index contributed by atoms with van der Waals surface area (Å²) in [6, 6.07) is 2.10. The van der Waals surface area contributed by atoms with Crippen LogP contribution in [0, 0.1) is 0 Å². The minimum atomic E-state index is 0.353. The van der Waals surface area contributed by atoms with Crippen LogP contribution < -0.4 is 10.6 Å². The van der Waals surface area contributed by atoms with E-state index in [0.29, 0.717) is 27.7 Å². The van der Waals surface area contributed by atoms with Crippen molar-refractivity contribution in [1.82, 2.24) is 4.98 Å². The highest BCUT2D eigenvalue weighted by Crippen LogP contribution is 2.29. The third kappa shape index (κ3) is 5.76. The third-order valence-electron chi connectivity index (χ3n) is 3.10. The first-order valence-electron chi connectivity index (χ1n) is 7.44. The molecule has 1 aromatic rings. The molecule has 5 heteroatoms. The van der Waals surface area contributed by atoms with E-state index in [1.807, 2.05) is 0 Å². The molecular weight excluding hydrogens is 293 g/mol. The van der Waals surface area contributed by atoms with E-state index in [9.17, 15) is 0 Å². The lowest BCUT2D eigenvalue weighted by molar-refractivity contribution is 0.614. The van der Waals surface area contributed by atoms with Gasteiger partial charge in [-0.3, -0.25) is 0 Å². The molecule has 0 aliphatic carbocycles. The van der Waals surface area contributed by atoms with Crippen molar-refractivity contribution in [2.24, 2.45) is 0 Å². The largest absolute Gasteiger partial charge is 0.369 e. The molecule has 1 unspecified atom stereocenters. The number of anilines is 2. The van der Waals surface area contributed by atoms with E-state index >= 15 is 0 Å². The van der Waals surface area contributed by atoms with Gasteiger partial charge in [-0.15, -0.1) is 0 Å². The van der Waals surface area contributed by atoms with Gasteiger partial charge in [-0.25, -0.2) is 4.98 Å². The Kier molecular flexibility index (Phi) is 8.08. The molecule has 1 aromatic heterocycles. The number of rotatable bonds is 9. The highest BCUT2D eigenvalue weighted by molar-refractivity contribution is 6.37. The average molecular weight is 318 g/mol. The second-order valence-corrected chi connectivity index (χ2v) is 5.93. The van der Waals surface area contributed by atoms with Gasteiger partial charge >= 0.3 is 0 Å². The first-order valence-corrected chi connectivity index (χ1v) is 8.20. The third-order valence-corrected chi connectivity index (χ3v) is 3.67. The van der Waals surface area contributed by atoms with Crippen molar-refractivity contribution in [2.75, 3.05) is 17.2 Å². The molecule has 0 aliphatic rings. The molecule has 1 heterocycles. The highest BCUT2D eigenvalue weighted by atomic mass is 35.5. The van der Waals surface area contributed by atoms with Crippen molar-refractivity contribution in [3.05, 3.63) is 16.1 Å². The SMILES string of the molecule is CCCCCC(C)Nc1nc(NCCC)c(Cl)cc1Cl. The molecule has 0 fully saturated rings. The van der Waals surface area contributed by atoms with Gasteiger partial charge in [0.15, 0.2) is 0 Å². The summed E-state index contributed by atoms with van der Waals surface area (Å²) in [6.07, 6.45) is 5.86. The van der Waals surface area contributed by atoms with Crippen LogP contribution in [-0.2, 0) is 0 Å². The zero-order valence-electron chi connectivity index (χ0n) is 12.6. The van der Waals surface area contributed by atoms with Gasteiger partial charge in [0.1, 0.15) is 11.6 Å². The van der Waals surface area contributed by atoms with Crippen LogP contribution in [0.25, 0.3) is 0 Å². The van der Waals surface area contributed by atoms with Gasteiger partial charge in [-0.05, 0) is 25.8 Å². The van der Waals surface area contributed by atoms with E-state index in [0.717, 1.165) is 19.4 Å². The Labute approximate surface area is 132 Å². The Morgan fingerprint density at radius 2 is 1.80 bits per heavy atom. The fraction of sp³-hybridized carbons (Fsp3) is 0.667. The average Bonchev–Trinajstić information content (AvgIpc) is 2.41. The maximum absolute atomic E-state index is 6.20. The van der Waals surface area contributed by atoms with Crippen LogP contribution in [0.1, 0.15) is 52.9 Å². The molecule has 114 valence electrons. The molecule has 3 nitrogen and oxygen atoms in total. The maximum atomic E-state index is 6.20. The van der Waals surface area contributed by atoms with Gasteiger partial charge in [0.05, 0.1) is 10.0 Å². The van der Waals surface area contributed by atoms with Crippen LogP contribution in [-0.4, -0.2) is 17.6 Å². The highest BCUT2D eigenvalue weighted by Gasteiger charge is 2.11. The van der Waals surface area contributed by atoms with Crippen molar-refractivity contribution in [3.8, 4) is 0 Å². The normalized spacial score (nSPS) is 12.2. The molecule has 1 atom stereocenters. The fourth-order valence-electron chi connectivity index (χ4n) is 1.94. The molecule has 0 aromatic carbocycles. The van der Waals surface area contributed by atoms with E-state index in [1.165, 1.54) is 19.3 Å². The number of nitrogens with zero attached hydrogens (tertiary/aromatic N) is 1. The summed E-state index contributed by atoms with van der Waals surface area (Å²) in [7, 11) is 0. The predicted octanol–water partition coefficient (Wildman–Crippen LogP) is 5.59. The second kappa shape index (κ2) is 9.30. The van der Waals surface area contributed by atoms with Gasteiger partial charge in [0.2, 0.25) is 0 Å². The molecule has 20 heavy (non-hydrogen) atoms. The lowest BCUT2D eigenvalue weighted by Crippen LogP contribution is -2.17. The molecular formula is C15H25Cl2N3. The minimum Gasteiger partial charge on any atom is -0.369 e. The number of aromatic nitrogens is 1. The summed E-state index contributed by atoms with van der Waals surface area (Å²) in [5.41, 5.74) is 0. The van der Waals surface area contributed by atoms with Crippen molar-refractivity contribution in [3.63, 3.8) is 0 Å². The van der Waals surface area contributed by atoms with E-state index in [2.05, 4.69) is 36.4 Å². The molecule has 0 saturated carbocycles. The van der Waals surface area contributed by atoms with E-state index in [-0.39, 0.29) is 0 Å². The zero-order chi connectivity index (χ0) is 15.0. The number of hydrogen-bond acceptors (Lipinski definition) is 3. The summed E-state index contributed by atoms with van der Waals surface area (Å²) in [5.74, 6) is 1.40. The Morgan fingerprint density at radius 3 is 2.45 bits per heavy atom. The standard InChI is InChI=1S/C15H25Cl2N3/c1-4-6-7-8-11(3)19-15-13(17)10-12(16)14(20-15)18-9-5-2/h10-11H,4-9H2,1-3H3,(H2,18,19,20). The Hall–Kier alpha value is -0.670. The lowest BCUT2D eigenvalue weighted by atomic mass is 10.1. The van der Waals surface area contributed by atoms with E-state index in [4.69, 9.17) is 23.2 Å². The first-order chi connectivity index (χ1) is 9.58. The molecule has 0 amide bonds. The van der Waals surface area contributed by atoms with Crippen LogP contribution in [0.3, 0.4) is 0 Å². The van der Waals surface area contributed by atoms with Crippen molar-refractivity contribution in [1.29, 1.82) is 0 Å². The topological polar surface area (TPSA) is 37.0 Å². The molecule has 0 saturated heterocycles. The number of unbranched alkanes of at least 4 members (excludes halogenated alkanes) is 2. The van der Waals surface area contributed by atoms with Gasteiger partial charge in [-0.1, -0.05) is 56.3 Å². The Balaban J connectivity index is 2.68. The second-order valence-electron chi connectivity index (χ2n) is 5.12. The molecule has 1 rings (SSSR count). The summed E-state index contributed by atoms with van der Waals surface area (Å²) in [5, 5.41) is 7.72. The summed E-state index contributed by atoms with van der Waals surface area (Å²) < 4.78 is 0. The smallest absolute Gasteiger partial charge is 0.147 e. The van der Waals surface area contributed by atoms with E-state index in [1.54, 1.807) is 6.07 Å². The summed E-state index contributed by atoms with van der Waals surface area (Å²) in [6.45, 7) is 7.31. The van der Waals surface area contributed by atoms with Crippen molar-refractivity contribution in [2.45, 2.75) is 58.9 Å². The van der Waals surface area contributed by atoms with Crippen LogP contribution in [0.4, 0.5) is 11.6 Å². The van der Waals surface area contributed by atoms with Gasteiger partial charge in [0, 0.05) is 12.6 Å². The first kappa shape index (κ1) is 17.4. The number of hydrogen-bond donors (Lipinski definition) is 2. The van der Waals surface area contributed by atoms with Crippen molar-refractivity contribution < 1.29 is 0 Å². The maximum Gasteiger partial charge on any atom is 0.147 e. The molecule has 0 bridgehead atoms. The van der Waals surface area contributed by atoms with Crippen molar-refractivity contribution >= 4 is 34.8 Å². The number of nitrogens with one attached hydrogen (secondary N) is 2. The molecule has 0 aliphatic heterocycles. The van der Waals surface area contributed by atoms with Crippen LogP contribution in [0.5, 0.6) is 0 Å². The lowest BCUT2D eigenvalue weighted by Gasteiger charge is -2.17. The van der Waals surface area contributed by atoms with Gasteiger partial charge in [0.25, 0.3) is 0 Å². The molecule has 0 radical (unpaired) electrons. The number of pyridine rings is 1. The van der Waals surface area contributed by atoms with Gasteiger partial charge in [-0.2, -0.15) is 0 Å². The Bertz CT molecular complexity index is 410. The minimum absolute atomic E-state index is 0.353. The van der Waals surface area contributed by atoms with Gasteiger partial charge < -0.3 is 10.6 Å². The predicted molar refractivity (Wildman–Crippen MR) is 90.3 cm³/mol. The monoisotopic (exact) mass is 317 g/mol. The zero-order valence-corrected chi connectivity index (χ0v) is 14.1. The number of halogens is 2. The summed E-state index contributed by atoms with van der Waals surface area (Å²) in [4.78, 5) is 4.49. The summed E-state index contributed by atoms with van der Waals surface area (Å²) >= 11 is 12.3. The quantitative estimate of drug-likeness (QED) is 0.583. The molecule has 0 spiro atoms. The Morgan fingerprint density at radius 1 is 1.10 bits per heavy atom. The van der Waals surface area contributed by atoms with Crippen LogP contribution >= 0.6 is 23.2 Å². The van der Waals surface area contributed by atoms with E-state index < -0.39 is 0 Å². The molecule has 2 N–H and O–H groups in total. The fourth-order valence-corrected chi connectivity index (χ4v) is 2.42.